The summed E-state index contributed by atoms with van der Waals surface area (Å²) < 4.78 is 5.85. The van der Waals surface area contributed by atoms with Gasteiger partial charge in [0, 0.05) is 31.9 Å². The average molecular weight is 289 g/mol. The molecule has 1 aromatic heterocycles. The van der Waals surface area contributed by atoms with Crippen LogP contribution in [0, 0.1) is 0 Å². The van der Waals surface area contributed by atoms with Crippen LogP contribution in [0.15, 0.2) is 18.3 Å². The Morgan fingerprint density at radius 1 is 1.38 bits per heavy atom. The van der Waals surface area contributed by atoms with E-state index in [1.165, 1.54) is 31.4 Å². The highest BCUT2D eigenvalue weighted by atomic mass is 16.5. The van der Waals surface area contributed by atoms with Gasteiger partial charge in [0.15, 0.2) is 5.82 Å². The molecule has 0 aliphatic carbocycles. The van der Waals surface area contributed by atoms with Crippen molar-refractivity contribution in [1.82, 2.24) is 4.98 Å². The standard InChI is InChI=1S/C17H27N3O/c1-2-6-15-13-14(8-12-21-15)19-16-7-5-9-18-17(16)20-10-3-4-11-20/h5,7,9,14-15,19H,2-4,6,8,10-13H2,1H3. The topological polar surface area (TPSA) is 37.4 Å². The predicted octanol–water partition coefficient (Wildman–Crippen LogP) is 3.44. The van der Waals surface area contributed by atoms with Crippen LogP contribution in [0.25, 0.3) is 0 Å². The normalized spacial score (nSPS) is 26.0. The van der Waals surface area contributed by atoms with Gasteiger partial charge in [-0.3, -0.25) is 0 Å². The van der Waals surface area contributed by atoms with Crippen LogP contribution in [0.1, 0.15) is 45.4 Å². The maximum absolute atomic E-state index is 5.85. The Morgan fingerprint density at radius 3 is 3.05 bits per heavy atom. The molecule has 0 bridgehead atoms. The van der Waals surface area contributed by atoms with Gasteiger partial charge in [-0.25, -0.2) is 4.98 Å². The molecule has 2 saturated heterocycles. The van der Waals surface area contributed by atoms with E-state index < -0.39 is 0 Å². The molecule has 0 spiro atoms. The molecule has 1 N–H and O–H groups in total. The summed E-state index contributed by atoms with van der Waals surface area (Å²) in [4.78, 5) is 7.02. The zero-order chi connectivity index (χ0) is 14.5. The lowest BCUT2D eigenvalue weighted by Crippen LogP contribution is -2.34. The van der Waals surface area contributed by atoms with E-state index in [0.29, 0.717) is 12.1 Å². The molecule has 0 aromatic carbocycles. The molecular formula is C17H27N3O. The summed E-state index contributed by atoms with van der Waals surface area (Å²) >= 11 is 0. The van der Waals surface area contributed by atoms with Gasteiger partial charge < -0.3 is 15.0 Å². The van der Waals surface area contributed by atoms with Crippen LogP contribution in [0.2, 0.25) is 0 Å². The smallest absolute Gasteiger partial charge is 0.151 e. The summed E-state index contributed by atoms with van der Waals surface area (Å²) in [5.41, 5.74) is 1.20. The van der Waals surface area contributed by atoms with E-state index >= 15 is 0 Å². The van der Waals surface area contributed by atoms with Gasteiger partial charge in [-0.05, 0) is 44.2 Å². The fourth-order valence-corrected chi connectivity index (χ4v) is 3.44. The summed E-state index contributed by atoms with van der Waals surface area (Å²) in [5, 5.41) is 3.73. The number of anilines is 2. The number of hydrogen-bond acceptors (Lipinski definition) is 4. The second-order valence-electron chi connectivity index (χ2n) is 6.22. The van der Waals surface area contributed by atoms with Crippen LogP contribution in [0.3, 0.4) is 0 Å². The molecule has 116 valence electrons. The first-order valence-corrected chi connectivity index (χ1v) is 8.45. The van der Waals surface area contributed by atoms with E-state index in [4.69, 9.17) is 4.74 Å². The molecule has 21 heavy (non-hydrogen) atoms. The van der Waals surface area contributed by atoms with E-state index in [0.717, 1.165) is 38.4 Å². The highest BCUT2D eigenvalue weighted by Crippen LogP contribution is 2.29. The van der Waals surface area contributed by atoms with Crippen molar-refractivity contribution in [3.05, 3.63) is 18.3 Å². The molecule has 2 aliphatic heterocycles. The van der Waals surface area contributed by atoms with Gasteiger partial charge in [-0.1, -0.05) is 13.3 Å². The summed E-state index contributed by atoms with van der Waals surface area (Å²) in [6, 6.07) is 4.72. The lowest BCUT2D eigenvalue weighted by Gasteiger charge is -2.31. The maximum Gasteiger partial charge on any atom is 0.151 e. The second-order valence-corrected chi connectivity index (χ2v) is 6.22. The Morgan fingerprint density at radius 2 is 2.24 bits per heavy atom. The number of nitrogens with one attached hydrogen (secondary N) is 1. The Bertz CT molecular complexity index is 443. The minimum Gasteiger partial charge on any atom is -0.379 e. The van der Waals surface area contributed by atoms with Gasteiger partial charge >= 0.3 is 0 Å². The van der Waals surface area contributed by atoms with Crippen molar-refractivity contribution in [2.45, 2.75) is 57.6 Å². The summed E-state index contributed by atoms with van der Waals surface area (Å²) in [7, 11) is 0. The molecule has 4 heteroatoms. The van der Waals surface area contributed by atoms with Gasteiger partial charge in [0.05, 0.1) is 11.8 Å². The molecule has 2 unspecified atom stereocenters. The van der Waals surface area contributed by atoms with Gasteiger partial charge in [0.1, 0.15) is 0 Å². The zero-order valence-corrected chi connectivity index (χ0v) is 13.1. The lowest BCUT2D eigenvalue weighted by atomic mass is 10.00. The van der Waals surface area contributed by atoms with Crippen molar-refractivity contribution in [2.24, 2.45) is 0 Å². The Labute approximate surface area is 127 Å². The number of aromatic nitrogens is 1. The fraction of sp³-hybridized carbons (Fsp3) is 0.706. The van der Waals surface area contributed by atoms with Crippen LogP contribution in [0.5, 0.6) is 0 Å². The minimum absolute atomic E-state index is 0.424. The third-order valence-corrected chi connectivity index (χ3v) is 4.53. The molecule has 4 nitrogen and oxygen atoms in total. The van der Waals surface area contributed by atoms with Crippen molar-refractivity contribution in [1.29, 1.82) is 0 Å². The molecule has 0 radical (unpaired) electrons. The van der Waals surface area contributed by atoms with Crippen molar-refractivity contribution in [3.63, 3.8) is 0 Å². The third-order valence-electron chi connectivity index (χ3n) is 4.53. The summed E-state index contributed by atoms with van der Waals surface area (Å²) in [6.07, 6.45) is 9.47. The molecule has 2 aliphatic rings. The van der Waals surface area contributed by atoms with Crippen LogP contribution in [0.4, 0.5) is 11.5 Å². The average Bonchev–Trinajstić information content (AvgIpc) is 3.03. The van der Waals surface area contributed by atoms with Crippen molar-refractivity contribution in [2.75, 3.05) is 29.9 Å². The molecule has 3 heterocycles. The first-order chi connectivity index (χ1) is 10.4. The van der Waals surface area contributed by atoms with Gasteiger partial charge in [-0.15, -0.1) is 0 Å². The molecule has 0 saturated carbocycles. The first-order valence-electron chi connectivity index (χ1n) is 8.45. The largest absolute Gasteiger partial charge is 0.379 e. The van der Waals surface area contributed by atoms with Crippen LogP contribution in [-0.4, -0.2) is 36.8 Å². The van der Waals surface area contributed by atoms with Gasteiger partial charge in [-0.2, -0.15) is 0 Å². The molecule has 2 atom stereocenters. The van der Waals surface area contributed by atoms with Crippen LogP contribution >= 0.6 is 0 Å². The highest BCUT2D eigenvalue weighted by molar-refractivity contribution is 5.66. The monoisotopic (exact) mass is 289 g/mol. The quantitative estimate of drug-likeness (QED) is 0.901. The zero-order valence-electron chi connectivity index (χ0n) is 13.1. The van der Waals surface area contributed by atoms with Crippen molar-refractivity contribution < 1.29 is 4.74 Å². The van der Waals surface area contributed by atoms with E-state index in [9.17, 15) is 0 Å². The molecular weight excluding hydrogens is 262 g/mol. The molecule has 1 aromatic rings. The maximum atomic E-state index is 5.85. The number of nitrogens with zero attached hydrogens (tertiary/aromatic N) is 2. The van der Waals surface area contributed by atoms with E-state index in [1.54, 1.807) is 0 Å². The highest BCUT2D eigenvalue weighted by Gasteiger charge is 2.24. The van der Waals surface area contributed by atoms with Crippen LogP contribution in [-0.2, 0) is 4.74 Å². The third kappa shape index (κ3) is 3.67. The molecule has 2 fully saturated rings. The molecule has 3 rings (SSSR count). The van der Waals surface area contributed by atoms with Crippen LogP contribution < -0.4 is 10.2 Å². The predicted molar refractivity (Wildman–Crippen MR) is 87.0 cm³/mol. The Kier molecular flexibility index (Phi) is 4.96. The second kappa shape index (κ2) is 7.12. The SMILES string of the molecule is CCCC1CC(Nc2cccnc2N2CCCC2)CCO1. The number of ether oxygens (including phenoxy) is 1. The lowest BCUT2D eigenvalue weighted by molar-refractivity contribution is 0.00598. The van der Waals surface area contributed by atoms with Gasteiger partial charge in [0.25, 0.3) is 0 Å². The summed E-state index contributed by atoms with van der Waals surface area (Å²) in [6.45, 7) is 5.38. The van der Waals surface area contributed by atoms with E-state index in [1.807, 2.05) is 12.3 Å². The first kappa shape index (κ1) is 14.6. The summed E-state index contributed by atoms with van der Waals surface area (Å²) in [5.74, 6) is 1.13. The van der Waals surface area contributed by atoms with Gasteiger partial charge in [0.2, 0.25) is 0 Å². The van der Waals surface area contributed by atoms with E-state index in [-0.39, 0.29) is 0 Å². The van der Waals surface area contributed by atoms with Crippen molar-refractivity contribution in [3.8, 4) is 0 Å². The number of pyridine rings is 1. The molecule has 0 amide bonds. The Hall–Kier alpha value is -1.29. The number of hydrogen-bond donors (Lipinski definition) is 1. The minimum atomic E-state index is 0.424. The fourth-order valence-electron chi connectivity index (χ4n) is 3.44. The van der Waals surface area contributed by atoms with Crippen molar-refractivity contribution >= 4 is 11.5 Å². The Balaban J connectivity index is 1.66. The van der Waals surface area contributed by atoms with E-state index in [2.05, 4.69) is 28.2 Å². The number of rotatable bonds is 5.